The van der Waals surface area contributed by atoms with E-state index in [1.807, 2.05) is 0 Å². The molecule has 1 heteroatoms. The van der Waals surface area contributed by atoms with Crippen LogP contribution in [0.2, 0.25) is 21.2 Å². The molecular weight excluding hydrogens is 172 g/mol. The van der Waals surface area contributed by atoms with Gasteiger partial charge in [-0.25, -0.2) is 0 Å². The maximum atomic E-state index is 2.48. The zero-order valence-corrected chi connectivity index (χ0v) is 11.7. The van der Waals surface area contributed by atoms with Gasteiger partial charge in [0.15, 0.2) is 0 Å². The second-order valence-electron chi connectivity index (χ2n) is 6.95. The molecule has 0 N–H and O–H groups in total. The van der Waals surface area contributed by atoms with E-state index >= 15 is 0 Å². The van der Waals surface area contributed by atoms with E-state index in [1.165, 1.54) is 0 Å². The summed E-state index contributed by atoms with van der Waals surface area (Å²) in [7, 11) is -1.06. The van der Waals surface area contributed by atoms with Crippen LogP contribution < -0.4 is 0 Å². The molecule has 1 aliphatic heterocycles. The Morgan fingerprint density at radius 3 is 0.923 bits per heavy atom. The quantitative estimate of drug-likeness (QED) is 0.489. The van der Waals surface area contributed by atoms with Crippen molar-refractivity contribution >= 4 is 8.07 Å². The van der Waals surface area contributed by atoms with Gasteiger partial charge in [0.1, 0.15) is 0 Å². The first kappa shape index (κ1) is 11.3. The van der Waals surface area contributed by atoms with Crippen LogP contribution in [0.15, 0.2) is 0 Å². The van der Waals surface area contributed by atoms with Gasteiger partial charge in [0, 0.05) is 0 Å². The van der Waals surface area contributed by atoms with Crippen molar-refractivity contribution in [3.63, 3.8) is 0 Å². The fourth-order valence-corrected chi connectivity index (χ4v) is 14.4. The Hall–Kier alpha value is 0.217. The summed E-state index contributed by atoms with van der Waals surface area (Å²) < 4.78 is 0. The Bertz CT molecular complexity index is 180. The molecule has 1 rings (SSSR count). The Labute approximate surface area is 85.1 Å². The maximum absolute atomic E-state index is 2.48. The molecule has 2 atom stereocenters. The first-order valence-corrected chi connectivity index (χ1v) is 7.72. The summed E-state index contributed by atoms with van der Waals surface area (Å²) in [6, 6.07) is 0. The Morgan fingerprint density at radius 1 is 0.692 bits per heavy atom. The van der Waals surface area contributed by atoms with Crippen LogP contribution in [0.4, 0.5) is 0 Å². The monoisotopic (exact) mass is 198 g/mol. The van der Waals surface area contributed by atoms with Crippen LogP contribution in [0.1, 0.15) is 55.4 Å². The van der Waals surface area contributed by atoms with Crippen LogP contribution in [-0.2, 0) is 0 Å². The highest BCUT2D eigenvalue weighted by Crippen LogP contribution is 2.77. The molecule has 0 radical (unpaired) electrons. The molecule has 0 spiro atoms. The van der Waals surface area contributed by atoms with E-state index in [9.17, 15) is 0 Å². The average Bonchev–Trinajstić information content (AvgIpc) is 2.32. The van der Waals surface area contributed by atoms with Crippen LogP contribution in [0.3, 0.4) is 0 Å². The van der Waals surface area contributed by atoms with E-state index < -0.39 is 8.07 Å². The molecule has 0 saturated carbocycles. The molecule has 0 bridgehead atoms. The zero-order chi connectivity index (χ0) is 10.7. The molecule has 2 unspecified atom stereocenters. The van der Waals surface area contributed by atoms with Gasteiger partial charge < -0.3 is 0 Å². The van der Waals surface area contributed by atoms with Crippen LogP contribution in [0.5, 0.6) is 0 Å². The molecule has 1 saturated heterocycles. The van der Waals surface area contributed by atoms with E-state index in [2.05, 4.69) is 55.4 Å². The molecule has 0 aliphatic carbocycles. The molecule has 0 amide bonds. The summed E-state index contributed by atoms with van der Waals surface area (Å²) in [6.07, 6.45) is 0. The largest absolute Gasteiger partial charge is 0.0700 e. The minimum absolute atomic E-state index is 0.573. The number of rotatable bonds is 0. The average molecular weight is 198 g/mol. The van der Waals surface area contributed by atoms with Crippen molar-refractivity contribution in [2.24, 2.45) is 0 Å². The summed E-state index contributed by atoms with van der Waals surface area (Å²) in [5.41, 5.74) is 2.04. The van der Waals surface area contributed by atoms with Crippen LogP contribution >= 0.6 is 0 Å². The number of hydrogen-bond acceptors (Lipinski definition) is 0. The Morgan fingerprint density at radius 2 is 0.923 bits per heavy atom. The van der Waals surface area contributed by atoms with Crippen molar-refractivity contribution in [1.82, 2.24) is 0 Å². The Kier molecular flexibility index (Phi) is 2.28. The van der Waals surface area contributed by atoms with Crippen molar-refractivity contribution in [1.29, 1.82) is 0 Å². The summed E-state index contributed by atoms with van der Waals surface area (Å²) in [6.45, 7) is 19.7. The first-order valence-electron chi connectivity index (χ1n) is 5.57. The van der Waals surface area contributed by atoms with Gasteiger partial charge >= 0.3 is 0 Å². The van der Waals surface area contributed by atoms with Gasteiger partial charge in [-0.3, -0.25) is 0 Å². The molecule has 0 nitrogen and oxygen atoms in total. The summed E-state index contributed by atoms with van der Waals surface area (Å²) in [5.74, 6) is 0. The smallest absolute Gasteiger partial charge is 0.0649 e. The normalized spacial score (nSPS) is 33.2. The molecule has 1 fully saturated rings. The molecule has 0 aromatic rings. The van der Waals surface area contributed by atoms with Gasteiger partial charge in [-0.2, -0.15) is 0 Å². The Balaban J connectivity index is 3.09. The van der Waals surface area contributed by atoms with Gasteiger partial charge in [-0.1, -0.05) is 55.4 Å². The van der Waals surface area contributed by atoms with E-state index in [-0.39, 0.29) is 0 Å². The molecular formula is C12H26Si. The van der Waals surface area contributed by atoms with Crippen molar-refractivity contribution < 1.29 is 0 Å². The van der Waals surface area contributed by atoms with Gasteiger partial charge in [0.2, 0.25) is 0 Å². The highest BCUT2D eigenvalue weighted by Gasteiger charge is 2.71. The lowest BCUT2D eigenvalue weighted by atomic mass is 10.2. The summed E-state index contributed by atoms with van der Waals surface area (Å²) in [4.78, 5) is 0. The number of hydrogen-bond donors (Lipinski definition) is 0. The minimum Gasteiger partial charge on any atom is -0.0649 e. The van der Waals surface area contributed by atoms with Crippen LogP contribution in [0.25, 0.3) is 0 Å². The maximum Gasteiger partial charge on any atom is 0.0700 e. The van der Waals surface area contributed by atoms with Crippen LogP contribution in [-0.4, -0.2) is 8.07 Å². The minimum atomic E-state index is -1.06. The molecule has 1 heterocycles. The van der Waals surface area contributed by atoms with Crippen molar-refractivity contribution in [2.45, 2.75) is 76.5 Å². The second kappa shape index (κ2) is 2.62. The first-order chi connectivity index (χ1) is 5.57. The van der Waals surface area contributed by atoms with Gasteiger partial charge in [-0.15, -0.1) is 0 Å². The summed E-state index contributed by atoms with van der Waals surface area (Å²) >= 11 is 0. The third-order valence-corrected chi connectivity index (χ3v) is 13.0. The van der Waals surface area contributed by atoms with E-state index in [0.29, 0.717) is 10.1 Å². The lowest BCUT2D eigenvalue weighted by molar-refractivity contribution is 0.632. The predicted molar refractivity (Wildman–Crippen MR) is 64.0 cm³/mol. The standard InChI is InChI=1S/C12H26Si/c1-9-10(2)13(9,11(3,4)5)12(6,7)8/h9-10H,1-8H3. The second-order valence-corrected chi connectivity index (χ2v) is 13.5. The molecule has 0 aromatic heterocycles. The highest BCUT2D eigenvalue weighted by molar-refractivity contribution is 6.97. The summed E-state index contributed by atoms with van der Waals surface area (Å²) in [5, 5.41) is 1.15. The predicted octanol–water partition coefficient (Wildman–Crippen LogP) is 4.83. The fraction of sp³-hybridized carbons (Fsp3) is 1.00. The van der Waals surface area contributed by atoms with Crippen molar-refractivity contribution in [2.75, 3.05) is 0 Å². The lowest BCUT2D eigenvalue weighted by Crippen LogP contribution is -2.40. The highest BCUT2D eigenvalue weighted by atomic mass is 28.3. The molecule has 78 valence electrons. The molecule has 13 heavy (non-hydrogen) atoms. The van der Waals surface area contributed by atoms with E-state index in [0.717, 1.165) is 11.1 Å². The third-order valence-electron chi connectivity index (χ3n) is 4.56. The molecule has 0 aromatic carbocycles. The zero-order valence-electron chi connectivity index (χ0n) is 10.7. The third kappa shape index (κ3) is 1.23. The molecule has 1 aliphatic rings. The van der Waals surface area contributed by atoms with Crippen LogP contribution in [0, 0.1) is 0 Å². The van der Waals surface area contributed by atoms with Crippen molar-refractivity contribution in [3.05, 3.63) is 0 Å². The van der Waals surface area contributed by atoms with Gasteiger partial charge in [0.05, 0.1) is 8.07 Å². The van der Waals surface area contributed by atoms with Crippen molar-refractivity contribution in [3.8, 4) is 0 Å². The van der Waals surface area contributed by atoms with E-state index in [1.54, 1.807) is 0 Å². The van der Waals surface area contributed by atoms with Gasteiger partial charge in [0.25, 0.3) is 0 Å². The fourth-order valence-electron chi connectivity index (χ4n) is 4.63. The SMILES string of the molecule is CC1C(C)[Si]1(C(C)(C)C)C(C)(C)C. The lowest BCUT2D eigenvalue weighted by Gasteiger charge is -2.42. The van der Waals surface area contributed by atoms with E-state index in [4.69, 9.17) is 0 Å². The topological polar surface area (TPSA) is 0 Å². The van der Waals surface area contributed by atoms with Gasteiger partial charge in [-0.05, 0) is 21.2 Å².